The van der Waals surface area contributed by atoms with Gasteiger partial charge in [0.1, 0.15) is 0 Å². The summed E-state index contributed by atoms with van der Waals surface area (Å²) in [6, 6.07) is 17.8. The highest BCUT2D eigenvalue weighted by atomic mass is 16.3. The molecule has 0 bridgehead atoms. The van der Waals surface area contributed by atoms with Gasteiger partial charge in [0.25, 0.3) is 0 Å². The summed E-state index contributed by atoms with van der Waals surface area (Å²) in [5, 5.41) is 12.8. The second kappa shape index (κ2) is 7.49. The molecule has 1 heterocycles. The first-order valence-corrected chi connectivity index (χ1v) is 8.53. The van der Waals surface area contributed by atoms with Crippen LogP contribution in [0.1, 0.15) is 19.8 Å². The Morgan fingerprint density at radius 2 is 1.88 bits per heavy atom. The van der Waals surface area contributed by atoms with E-state index in [0.29, 0.717) is 6.54 Å². The number of urea groups is 1. The SMILES string of the molecule is CC(O)C1CCCN(C(=O)Nc2ccccc2-c2ccccc2)C1. The average molecular weight is 324 g/mol. The minimum atomic E-state index is -0.378. The fourth-order valence-corrected chi connectivity index (χ4v) is 3.24. The van der Waals surface area contributed by atoms with Crippen molar-refractivity contribution >= 4 is 11.7 Å². The van der Waals surface area contributed by atoms with Crippen LogP contribution >= 0.6 is 0 Å². The molecule has 2 amide bonds. The molecule has 0 radical (unpaired) electrons. The minimum Gasteiger partial charge on any atom is -0.393 e. The number of aliphatic hydroxyl groups is 1. The molecule has 2 aromatic rings. The monoisotopic (exact) mass is 324 g/mol. The normalized spacial score (nSPS) is 18.9. The van der Waals surface area contributed by atoms with Crippen LogP contribution in [-0.2, 0) is 0 Å². The summed E-state index contributed by atoms with van der Waals surface area (Å²) in [5.74, 6) is 0.161. The maximum absolute atomic E-state index is 12.7. The van der Waals surface area contributed by atoms with E-state index < -0.39 is 0 Å². The number of piperidine rings is 1. The molecule has 1 fully saturated rings. The van der Waals surface area contributed by atoms with Crippen LogP contribution in [0.4, 0.5) is 10.5 Å². The smallest absolute Gasteiger partial charge is 0.321 e. The van der Waals surface area contributed by atoms with Crippen molar-refractivity contribution in [3.8, 4) is 11.1 Å². The average Bonchev–Trinajstić information content (AvgIpc) is 2.63. The highest BCUT2D eigenvalue weighted by molar-refractivity contribution is 5.94. The first-order chi connectivity index (χ1) is 11.6. The number of nitrogens with zero attached hydrogens (tertiary/aromatic N) is 1. The Hall–Kier alpha value is -2.33. The molecule has 4 heteroatoms. The van der Waals surface area contributed by atoms with Crippen LogP contribution in [0.15, 0.2) is 54.6 Å². The fraction of sp³-hybridized carbons (Fsp3) is 0.350. The van der Waals surface area contributed by atoms with E-state index in [9.17, 15) is 9.90 Å². The minimum absolute atomic E-state index is 0.0938. The molecule has 2 N–H and O–H groups in total. The number of carbonyl (C=O) groups is 1. The van der Waals surface area contributed by atoms with E-state index in [0.717, 1.165) is 36.2 Å². The first kappa shape index (κ1) is 16.5. The lowest BCUT2D eigenvalue weighted by Gasteiger charge is -2.34. The number of hydrogen-bond acceptors (Lipinski definition) is 2. The molecule has 0 spiro atoms. The van der Waals surface area contributed by atoms with Crippen LogP contribution in [-0.4, -0.2) is 35.2 Å². The molecule has 126 valence electrons. The van der Waals surface area contributed by atoms with Gasteiger partial charge in [-0.05, 0) is 31.4 Å². The molecular formula is C20H24N2O2. The molecule has 24 heavy (non-hydrogen) atoms. The van der Waals surface area contributed by atoms with Gasteiger partial charge in [-0.15, -0.1) is 0 Å². The van der Waals surface area contributed by atoms with Crippen molar-refractivity contribution in [3.05, 3.63) is 54.6 Å². The highest BCUT2D eigenvalue weighted by Crippen LogP contribution is 2.28. The Balaban J connectivity index is 1.76. The van der Waals surface area contributed by atoms with Crippen LogP contribution in [0.25, 0.3) is 11.1 Å². The van der Waals surface area contributed by atoms with E-state index >= 15 is 0 Å². The number of para-hydroxylation sites is 1. The highest BCUT2D eigenvalue weighted by Gasteiger charge is 2.26. The molecule has 1 aliphatic rings. The molecule has 1 aliphatic heterocycles. The predicted molar refractivity (Wildman–Crippen MR) is 96.9 cm³/mol. The van der Waals surface area contributed by atoms with Gasteiger partial charge in [-0.1, -0.05) is 48.5 Å². The van der Waals surface area contributed by atoms with E-state index in [4.69, 9.17) is 0 Å². The van der Waals surface area contributed by atoms with E-state index in [1.807, 2.05) is 59.5 Å². The van der Waals surface area contributed by atoms with Crippen LogP contribution in [0, 0.1) is 5.92 Å². The fourth-order valence-electron chi connectivity index (χ4n) is 3.24. The van der Waals surface area contributed by atoms with Gasteiger partial charge in [-0.3, -0.25) is 0 Å². The third-order valence-corrected chi connectivity index (χ3v) is 4.68. The summed E-state index contributed by atoms with van der Waals surface area (Å²) in [4.78, 5) is 14.5. The van der Waals surface area contributed by atoms with Crippen molar-refractivity contribution in [1.29, 1.82) is 0 Å². The van der Waals surface area contributed by atoms with Crippen LogP contribution in [0.5, 0.6) is 0 Å². The zero-order chi connectivity index (χ0) is 16.9. The quantitative estimate of drug-likeness (QED) is 0.897. The van der Waals surface area contributed by atoms with E-state index in [2.05, 4.69) is 5.32 Å². The Labute approximate surface area is 143 Å². The molecule has 1 saturated heterocycles. The lowest BCUT2D eigenvalue weighted by Crippen LogP contribution is -2.44. The summed E-state index contributed by atoms with van der Waals surface area (Å²) < 4.78 is 0. The van der Waals surface area contributed by atoms with E-state index in [-0.39, 0.29) is 18.1 Å². The summed E-state index contributed by atoms with van der Waals surface area (Å²) in [7, 11) is 0. The topological polar surface area (TPSA) is 52.6 Å². The van der Waals surface area contributed by atoms with Gasteiger partial charge >= 0.3 is 6.03 Å². The van der Waals surface area contributed by atoms with Crippen molar-refractivity contribution in [2.75, 3.05) is 18.4 Å². The second-order valence-corrected chi connectivity index (χ2v) is 6.43. The molecule has 2 aromatic carbocycles. The molecule has 4 nitrogen and oxygen atoms in total. The summed E-state index contributed by atoms with van der Waals surface area (Å²) in [6.07, 6.45) is 1.53. The number of nitrogens with one attached hydrogen (secondary N) is 1. The molecule has 2 atom stereocenters. The van der Waals surface area contributed by atoms with Crippen molar-refractivity contribution in [2.45, 2.75) is 25.9 Å². The van der Waals surface area contributed by atoms with Crippen LogP contribution < -0.4 is 5.32 Å². The number of rotatable bonds is 3. The van der Waals surface area contributed by atoms with Gasteiger partial charge < -0.3 is 15.3 Å². The standard InChI is InChI=1S/C20H24N2O2/c1-15(23)17-10-7-13-22(14-17)20(24)21-19-12-6-5-11-18(19)16-8-3-2-4-9-16/h2-6,8-9,11-12,15,17,23H,7,10,13-14H2,1H3,(H,21,24). The number of benzene rings is 2. The maximum Gasteiger partial charge on any atom is 0.321 e. The molecular weight excluding hydrogens is 300 g/mol. The molecule has 0 aliphatic carbocycles. The zero-order valence-corrected chi connectivity index (χ0v) is 14.0. The number of amides is 2. The zero-order valence-electron chi connectivity index (χ0n) is 14.0. The number of hydrogen-bond donors (Lipinski definition) is 2. The van der Waals surface area contributed by atoms with Gasteiger partial charge in [0.15, 0.2) is 0 Å². The Kier molecular flexibility index (Phi) is 5.16. The summed E-state index contributed by atoms with van der Waals surface area (Å²) in [5.41, 5.74) is 2.90. The van der Waals surface area contributed by atoms with Crippen molar-refractivity contribution < 1.29 is 9.90 Å². The molecule has 0 aromatic heterocycles. The number of likely N-dealkylation sites (tertiary alicyclic amines) is 1. The molecule has 3 rings (SSSR count). The Bertz CT molecular complexity index is 685. The Morgan fingerprint density at radius 3 is 2.62 bits per heavy atom. The molecule has 2 unspecified atom stereocenters. The van der Waals surface area contributed by atoms with Crippen molar-refractivity contribution in [2.24, 2.45) is 5.92 Å². The van der Waals surface area contributed by atoms with Gasteiger partial charge in [0, 0.05) is 24.6 Å². The third-order valence-electron chi connectivity index (χ3n) is 4.68. The van der Waals surface area contributed by atoms with Crippen LogP contribution in [0.3, 0.4) is 0 Å². The summed E-state index contributed by atoms with van der Waals surface area (Å²) in [6.45, 7) is 3.15. The van der Waals surface area contributed by atoms with Gasteiger partial charge in [-0.25, -0.2) is 4.79 Å². The van der Waals surface area contributed by atoms with E-state index in [1.54, 1.807) is 6.92 Å². The van der Waals surface area contributed by atoms with Gasteiger partial charge in [0.2, 0.25) is 0 Å². The van der Waals surface area contributed by atoms with Crippen LogP contribution in [0.2, 0.25) is 0 Å². The van der Waals surface area contributed by atoms with Gasteiger partial charge in [-0.2, -0.15) is 0 Å². The first-order valence-electron chi connectivity index (χ1n) is 8.53. The van der Waals surface area contributed by atoms with Crippen molar-refractivity contribution in [1.82, 2.24) is 4.90 Å². The Morgan fingerprint density at radius 1 is 1.17 bits per heavy atom. The lowest BCUT2D eigenvalue weighted by atomic mass is 9.94. The number of carbonyl (C=O) groups excluding carboxylic acids is 1. The summed E-state index contributed by atoms with van der Waals surface area (Å²) >= 11 is 0. The lowest BCUT2D eigenvalue weighted by molar-refractivity contribution is 0.0766. The predicted octanol–water partition coefficient (Wildman–Crippen LogP) is 3.98. The number of anilines is 1. The molecule has 0 saturated carbocycles. The maximum atomic E-state index is 12.7. The largest absolute Gasteiger partial charge is 0.393 e. The second-order valence-electron chi connectivity index (χ2n) is 6.43. The number of aliphatic hydroxyl groups excluding tert-OH is 1. The third kappa shape index (κ3) is 3.77. The van der Waals surface area contributed by atoms with Gasteiger partial charge in [0.05, 0.1) is 11.8 Å². The van der Waals surface area contributed by atoms with Crippen molar-refractivity contribution in [3.63, 3.8) is 0 Å². The van der Waals surface area contributed by atoms with E-state index in [1.165, 1.54) is 0 Å².